The van der Waals surface area contributed by atoms with Crippen molar-refractivity contribution in [3.05, 3.63) is 23.5 Å². The minimum atomic E-state index is 0.358. The van der Waals surface area contributed by atoms with Crippen molar-refractivity contribution in [1.29, 1.82) is 0 Å². The molecule has 1 N–H and O–H groups in total. The number of fused-ring (bicyclic) bond motifs is 1. The Morgan fingerprint density at radius 2 is 2.33 bits per heavy atom. The standard InChI is InChI=1S/C13H18ClN3S/c14-12-4-2-1-3-10(12)7-15-8-11-9-17-5-6-18-13(17)16-11/h5-6,9-10,12,15H,1-4,7-8H2. The zero-order valence-corrected chi connectivity index (χ0v) is 11.9. The van der Waals surface area contributed by atoms with Crippen molar-refractivity contribution in [1.82, 2.24) is 14.7 Å². The maximum Gasteiger partial charge on any atom is 0.193 e. The van der Waals surface area contributed by atoms with Crippen LogP contribution in [0.25, 0.3) is 4.96 Å². The van der Waals surface area contributed by atoms with Crippen LogP contribution in [0.4, 0.5) is 0 Å². The first-order valence-electron chi connectivity index (χ1n) is 6.59. The minimum absolute atomic E-state index is 0.358. The van der Waals surface area contributed by atoms with Gasteiger partial charge in [-0.05, 0) is 25.3 Å². The molecule has 2 atom stereocenters. The summed E-state index contributed by atoms with van der Waals surface area (Å²) in [7, 11) is 0. The molecular formula is C13H18ClN3S. The van der Waals surface area contributed by atoms with Gasteiger partial charge in [0.15, 0.2) is 4.96 Å². The number of hydrogen-bond donors (Lipinski definition) is 1. The average molecular weight is 284 g/mol. The van der Waals surface area contributed by atoms with E-state index in [1.165, 1.54) is 25.7 Å². The SMILES string of the molecule is ClC1CCCCC1CNCc1cn2ccsc2n1. The normalized spacial score (nSPS) is 24.7. The van der Waals surface area contributed by atoms with Crippen LogP contribution in [0.1, 0.15) is 31.4 Å². The summed E-state index contributed by atoms with van der Waals surface area (Å²) in [4.78, 5) is 5.63. The van der Waals surface area contributed by atoms with E-state index >= 15 is 0 Å². The minimum Gasteiger partial charge on any atom is -0.311 e. The Hall–Kier alpha value is -0.580. The number of alkyl halides is 1. The summed E-state index contributed by atoms with van der Waals surface area (Å²) in [6, 6.07) is 0. The van der Waals surface area contributed by atoms with Crippen molar-refractivity contribution in [2.24, 2.45) is 5.92 Å². The fourth-order valence-electron chi connectivity index (χ4n) is 2.64. The lowest BCUT2D eigenvalue weighted by atomic mass is 9.89. The predicted molar refractivity (Wildman–Crippen MR) is 76.4 cm³/mol. The van der Waals surface area contributed by atoms with Gasteiger partial charge in [-0.15, -0.1) is 22.9 Å². The molecule has 0 saturated heterocycles. The fraction of sp³-hybridized carbons (Fsp3) is 0.615. The lowest BCUT2D eigenvalue weighted by molar-refractivity contribution is 0.348. The quantitative estimate of drug-likeness (QED) is 0.873. The molecule has 1 fully saturated rings. The summed E-state index contributed by atoms with van der Waals surface area (Å²) >= 11 is 8.03. The molecule has 0 aromatic carbocycles. The summed E-state index contributed by atoms with van der Waals surface area (Å²) in [5.41, 5.74) is 1.11. The van der Waals surface area contributed by atoms with Crippen molar-refractivity contribution >= 4 is 27.9 Å². The van der Waals surface area contributed by atoms with Gasteiger partial charge in [0.1, 0.15) is 0 Å². The van der Waals surface area contributed by atoms with Crippen LogP contribution >= 0.6 is 22.9 Å². The molecule has 0 bridgehead atoms. The molecule has 1 aliphatic rings. The van der Waals surface area contributed by atoms with Crippen LogP contribution in [0, 0.1) is 5.92 Å². The van der Waals surface area contributed by atoms with Gasteiger partial charge in [-0.3, -0.25) is 4.40 Å². The van der Waals surface area contributed by atoms with E-state index < -0.39 is 0 Å². The van der Waals surface area contributed by atoms with Gasteiger partial charge in [0.25, 0.3) is 0 Å². The largest absolute Gasteiger partial charge is 0.311 e. The van der Waals surface area contributed by atoms with Gasteiger partial charge in [0, 0.05) is 29.7 Å². The van der Waals surface area contributed by atoms with E-state index in [9.17, 15) is 0 Å². The van der Waals surface area contributed by atoms with Crippen LogP contribution in [-0.4, -0.2) is 21.3 Å². The zero-order chi connectivity index (χ0) is 12.4. The second kappa shape index (κ2) is 5.59. The van der Waals surface area contributed by atoms with Crippen molar-refractivity contribution in [3.63, 3.8) is 0 Å². The Labute approximate surface area is 116 Å². The lowest BCUT2D eigenvalue weighted by Crippen LogP contribution is -2.30. The third-order valence-electron chi connectivity index (χ3n) is 3.67. The third kappa shape index (κ3) is 2.71. The van der Waals surface area contributed by atoms with Crippen LogP contribution in [0.5, 0.6) is 0 Å². The predicted octanol–water partition coefficient (Wildman–Crippen LogP) is 3.28. The Balaban J connectivity index is 1.50. The van der Waals surface area contributed by atoms with Crippen LogP contribution in [0.2, 0.25) is 0 Å². The van der Waals surface area contributed by atoms with Crippen molar-refractivity contribution in [3.8, 4) is 0 Å². The van der Waals surface area contributed by atoms with E-state index in [4.69, 9.17) is 11.6 Å². The Morgan fingerprint density at radius 1 is 1.44 bits per heavy atom. The molecule has 0 spiro atoms. The number of halogens is 1. The number of nitrogens with one attached hydrogen (secondary N) is 1. The van der Waals surface area contributed by atoms with Gasteiger partial charge in [0.2, 0.25) is 0 Å². The van der Waals surface area contributed by atoms with Gasteiger partial charge in [-0.2, -0.15) is 0 Å². The number of hydrogen-bond acceptors (Lipinski definition) is 3. The summed E-state index contributed by atoms with van der Waals surface area (Å²) < 4.78 is 2.08. The molecule has 2 aromatic rings. The van der Waals surface area contributed by atoms with E-state index in [2.05, 4.69) is 26.3 Å². The highest BCUT2D eigenvalue weighted by Crippen LogP contribution is 2.28. The van der Waals surface area contributed by atoms with Crippen LogP contribution in [0.15, 0.2) is 17.8 Å². The second-order valence-electron chi connectivity index (χ2n) is 5.02. The van der Waals surface area contributed by atoms with Gasteiger partial charge >= 0.3 is 0 Å². The number of rotatable bonds is 4. The molecule has 3 nitrogen and oxygen atoms in total. The maximum atomic E-state index is 6.35. The van der Waals surface area contributed by atoms with Gasteiger partial charge in [-0.25, -0.2) is 4.98 Å². The smallest absolute Gasteiger partial charge is 0.193 e. The first-order valence-corrected chi connectivity index (χ1v) is 7.90. The number of aromatic nitrogens is 2. The first kappa shape index (κ1) is 12.5. The third-order valence-corrected chi connectivity index (χ3v) is 5.02. The molecule has 0 aliphatic heterocycles. The Kier molecular flexibility index (Phi) is 3.87. The number of thiazole rings is 1. The van der Waals surface area contributed by atoms with Crippen LogP contribution in [0.3, 0.4) is 0 Å². The first-order chi connectivity index (χ1) is 8.83. The number of imidazole rings is 1. The Bertz CT molecular complexity index is 479. The van der Waals surface area contributed by atoms with Crippen molar-refractivity contribution in [2.45, 2.75) is 37.6 Å². The van der Waals surface area contributed by atoms with E-state index in [0.717, 1.165) is 23.7 Å². The van der Waals surface area contributed by atoms with Gasteiger partial charge in [-0.1, -0.05) is 12.8 Å². The lowest BCUT2D eigenvalue weighted by Gasteiger charge is -2.27. The van der Waals surface area contributed by atoms with Gasteiger partial charge in [0.05, 0.1) is 5.69 Å². The topological polar surface area (TPSA) is 29.3 Å². The van der Waals surface area contributed by atoms with Crippen LogP contribution in [-0.2, 0) is 6.54 Å². The molecule has 0 radical (unpaired) electrons. The maximum absolute atomic E-state index is 6.35. The molecule has 1 saturated carbocycles. The van der Waals surface area contributed by atoms with E-state index in [1.807, 2.05) is 6.20 Å². The average Bonchev–Trinajstić information content (AvgIpc) is 2.92. The van der Waals surface area contributed by atoms with Gasteiger partial charge < -0.3 is 5.32 Å². The fourth-order valence-corrected chi connectivity index (χ4v) is 3.73. The van der Waals surface area contributed by atoms with E-state index in [1.54, 1.807) is 11.3 Å². The molecule has 5 heteroatoms. The number of nitrogens with zero attached hydrogens (tertiary/aromatic N) is 2. The van der Waals surface area contributed by atoms with Crippen molar-refractivity contribution in [2.75, 3.05) is 6.54 Å². The Morgan fingerprint density at radius 3 is 3.17 bits per heavy atom. The molecule has 0 amide bonds. The van der Waals surface area contributed by atoms with E-state index in [0.29, 0.717) is 11.3 Å². The highest BCUT2D eigenvalue weighted by molar-refractivity contribution is 7.15. The highest BCUT2D eigenvalue weighted by Gasteiger charge is 2.22. The summed E-state index contributed by atoms with van der Waals surface area (Å²) in [6.07, 6.45) is 9.20. The van der Waals surface area contributed by atoms with Crippen LogP contribution < -0.4 is 5.32 Å². The second-order valence-corrected chi connectivity index (χ2v) is 6.45. The van der Waals surface area contributed by atoms with E-state index in [-0.39, 0.29) is 0 Å². The van der Waals surface area contributed by atoms with Crippen molar-refractivity contribution < 1.29 is 0 Å². The molecule has 2 heterocycles. The summed E-state index contributed by atoms with van der Waals surface area (Å²) in [5, 5.41) is 5.91. The molecule has 98 valence electrons. The molecule has 1 aliphatic carbocycles. The summed E-state index contributed by atoms with van der Waals surface area (Å²) in [5.74, 6) is 0.629. The monoisotopic (exact) mass is 283 g/mol. The highest BCUT2D eigenvalue weighted by atomic mass is 35.5. The molecule has 18 heavy (non-hydrogen) atoms. The molecule has 2 unspecified atom stereocenters. The summed E-state index contributed by atoms with van der Waals surface area (Å²) in [6.45, 7) is 1.86. The molecule has 3 rings (SSSR count). The molecule has 2 aromatic heterocycles. The molecular weight excluding hydrogens is 266 g/mol. The zero-order valence-electron chi connectivity index (χ0n) is 10.3.